The van der Waals surface area contributed by atoms with Crippen molar-refractivity contribution in [1.82, 2.24) is 5.32 Å². The van der Waals surface area contributed by atoms with E-state index < -0.39 is 6.36 Å². The summed E-state index contributed by atoms with van der Waals surface area (Å²) in [7, 11) is 0. The molecule has 1 N–H and O–H groups in total. The van der Waals surface area contributed by atoms with Gasteiger partial charge in [0.15, 0.2) is 0 Å². The Morgan fingerprint density at radius 2 is 1.81 bits per heavy atom. The van der Waals surface area contributed by atoms with Crippen molar-refractivity contribution in [2.24, 2.45) is 0 Å². The van der Waals surface area contributed by atoms with E-state index in [0.29, 0.717) is 22.6 Å². The van der Waals surface area contributed by atoms with E-state index in [4.69, 9.17) is 11.6 Å². The fourth-order valence-corrected chi connectivity index (χ4v) is 2.75. The first-order valence-corrected chi connectivity index (χ1v) is 8.76. The van der Waals surface area contributed by atoms with Gasteiger partial charge in [0.05, 0.1) is 10.6 Å². The van der Waals surface area contributed by atoms with Crippen molar-refractivity contribution in [2.75, 3.05) is 6.54 Å². The van der Waals surface area contributed by atoms with Crippen molar-refractivity contribution in [3.05, 3.63) is 64.2 Å². The number of benzene rings is 2. The van der Waals surface area contributed by atoms with Gasteiger partial charge >= 0.3 is 6.36 Å². The molecule has 0 radical (unpaired) electrons. The molecule has 0 aromatic heterocycles. The highest BCUT2D eigenvalue weighted by Crippen LogP contribution is 2.27. The smallest absolute Gasteiger partial charge is 0.406 e. The molecule has 27 heavy (non-hydrogen) atoms. The lowest BCUT2D eigenvalue weighted by molar-refractivity contribution is -0.274. The van der Waals surface area contributed by atoms with Gasteiger partial charge in [0.25, 0.3) is 5.91 Å². The van der Waals surface area contributed by atoms with E-state index >= 15 is 0 Å². The van der Waals surface area contributed by atoms with Gasteiger partial charge in [-0.2, -0.15) is 0 Å². The third-order valence-corrected chi connectivity index (χ3v) is 4.22. The summed E-state index contributed by atoms with van der Waals surface area (Å²) in [5.41, 5.74) is 1.91. The Hall–Kier alpha value is -2.21. The number of amides is 1. The maximum absolute atomic E-state index is 12.3. The van der Waals surface area contributed by atoms with Gasteiger partial charge in [0.2, 0.25) is 0 Å². The summed E-state index contributed by atoms with van der Waals surface area (Å²) in [6.07, 6.45) is -4.37. The number of halogens is 4. The van der Waals surface area contributed by atoms with E-state index in [9.17, 15) is 18.0 Å². The summed E-state index contributed by atoms with van der Waals surface area (Å²) in [6, 6.07) is 11.0. The zero-order valence-electron chi connectivity index (χ0n) is 15.3. The van der Waals surface area contributed by atoms with Crippen LogP contribution in [0.25, 0.3) is 0 Å². The van der Waals surface area contributed by atoms with Gasteiger partial charge in [-0.3, -0.25) is 4.79 Å². The number of ether oxygens (including phenoxy) is 1. The second-order valence-corrected chi connectivity index (χ2v) is 7.55. The second-order valence-electron chi connectivity index (χ2n) is 7.15. The van der Waals surface area contributed by atoms with Crippen LogP contribution in [-0.2, 0) is 11.8 Å². The molecule has 1 amide bonds. The van der Waals surface area contributed by atoms with Crippen LogP contribution in [-0.4, -0.2) is 18.8 Å². The predicted octanol–water partition coefficient (Wildman–Crippen LogP) is 5.51. The van der Waals surface area contributed by atoms with Crippen molar-refractivity contribution in [1.29, 1.82) is 0 Å². The molecule has 0 atom stereocenters. The molecular formula is C20H21ClF3NO2. The van der Waals surface area contributed by atoms with Crippen LogP contribution in [0.5, 0.6) is 5.75 Å². The third-order valence-electron chi connectivity index (χ3n) is 3.91. The van der Waals surface area contributed by atoms with Gasteiger partial charge in [-0.05, 0) is 47.2 Å². The minimum absolute atomic E-state index is 0.0812. The Balaban J connectivity index is 1.96. The number of rotatable bonds is 5. The predicted molar refractivity (Wildman–Crippen MR) is 99.3 cm³/mol. The third kappa shape index (κ3) is 6.47. The van der Waals surface area contributed by atoms with Crippen LogP contribution in [0.1, 0.15) is 42.3 Å². The summed E-state index contributed by atoms with van der Waals surface area (Å²) in [6.45, 7) is 6.41. The van der Waals surface area contributed by atoms with E-state index in [1.165, 1.54) is 18.2 Å². The highest BCUT2D eigenvalue weighted by Gasteiger charge is 2.31. The zero-order valence-corrected chi connectivity index (χ0v) is 16.0. The molecule has 2 aromatic carbocycles. The molecule has 3 nitrogen and oxygen atoms in total. The molecule has 0 fully saturated rings. The number of carbonyl (C=O) groups is 1. The molecule has 0 aliphatic rings. The fourth-order valence-electron chi connectivity index (χ4n) is 2.48. The van der Waals surface area contributed by atoms with E-state index in [2.05, 4.69) is 30.8 Å². The van der Waals surface area contributed by atoms with Crippen molar-refractivity contribution in [3.63, 3.8) is 0 Å². The minimum atomic E-state index is -4.73. The summed E-state index contributed by atoms with van der Waals surface area (Å²) < 4.78 is 40.7. The van der Waals surface area contributed by atoms with Gasteiger partial charge in [0.1, 0.15) is 5.75 Å². The minimum Gasteiger partial charge on any atom is -0.406 e. The molecule has 7 heteroatoms. The van der Waals surface area contributed by atoms with Crippen LogP contribution in [0.3, 0.4) is 0 Å². The number of carbonyl (C=O) groups excluding carboxylic acids is 1. The lowest BCUT2D eigenvalue weighted by Crippen LogP contribution is -2.26. The molecule has 0 aliphatic heterocycles. The number of hydrogen-bond acceptors (Lipinski definition) is 2. The fraction of sp³-hybridized carbons (Fsp3) is 0.350. The van der Waals surface area contributed by atoms with Crippen LogP contribution in [0, 0.1) is 0 Å². The molecule has 0 aliphatic carbocycles. The quantitative estimate of drug-likeness (QED) is 0.720. The van der Waals surface area contributed by atoms with E-state index in [1.807, 2.05) is 6.07 Å². The highest BCUT2D eigenvalue weighted by atomic mass is 35.5. The van der Waals surface area contributed by atoms with Crippen molar-refractivity contribution in [2.45, 2.75) is 39.0 Å². The SMILES string of the molecule is CC(C)(C)c1ccc(C(=O)NCCc2cccc(OC(F)(F)F)c2)c(Cl)c1. The Bertz CT molecular complexity index is 814. The molecule has 0 bridgehead atoms. The number of hydrogen-bond donors (Lipinski definition) is 1. The van der Waals surface area contributed by atoms with E-state index in [0.717, 1.165) is 5.56 Å². The first kappa shape index (κ1) is 21.1. The Kier molecular flexibility index (Phi) is 6.42. The van der Waals surface area contributed by atoms with Gasteiger partial charge in [-0.15, -0.1) is 13.2 Å². The van der Waals surface area contributed by atoms with Crippen LogP contribution in [0.15, 0.2) is 42.5 Å². The number of nitrogens with one attached hydrogen (secondary N) is 1. The Morgan fingerprint density at radius 1 is 1.11 bits per heavy atom. The first-order valence-electron chi connectivity index (χ1n) is 8.38. The second kappa shape index (κ2) is 8.21. The maximum atomic E-state index is 12.3. The molecule has 0 heterocycles. The number of alkyl halides is 3. The molecular weight excluding hydrogens is 379 g/mol. The molecule has 0 unspecified atom stereocenters. The van der Waals surface area contributed by atoms with E-state index in [-0.39, 0.29) is 23.6 Å². The highest BCUT2D eigenvalue weighted by molar-refractivity contribution is 6.33. The molecule has 0 spiro atoms. The molecule has 146 valence electrons. The van der Waals surface area contributed by atoms with Crippen LogP contribution in [0.2, 0.25) is 5.02 Å². The molecule has 0 saturated heterocycles. The molecule has 0 saturated carbocycles. The van der Waals surface area contributed by atoms with E-state index in [1.54, 1.807) is 18.2 Å². The summed E-state index contributed by atoms with van der Waals surface area (Å²) in [5.74, 6) is -0.615. The van der Waals surface area contributed by atoms with Gasteiger partial charge in [-0.25, -0.2) is 0 Å². The average molecular weight is 400 g/mol. The Morgan fingerprint density at radius 3 is 2.41 bits per heavy atom. The Labute approximate surface area is 161 Å². The van der Waals surface area contributed by atoms with Crippen molar-refractivity contribution in [3.8, 4) is 5.75 Å². The summed E-state index contributed by atoms with van der Waals surface area (Å²) in [4.78, 5) is 12.3. The van der Waals surface area contributed by atoms with Gasteiger partial charge in [-0.1, -0.05) is 50.6 Å². The van der Waals surface area contributed by atoms with Crippen LogP contribution < -0.4 is 10.1 Å². The molecule has 2 rings (SSSR count). The van der Waals surface area contributed by atoms with Gasteiger partial charge < -0.3 is 10.1 Å². The van der Waals surface area contributed by atoms with Crippen molar-refractivity contribution < 1.29 is 22.7 Å². The average Bonchev–Trinajstić information content (AvgIpc) is 2.52. The lowest BCUT2D eigenvalue weighted by Gasteiger charge is -2.20. The molecule has 2 aromatic rings. The standard InChI is InChI=1S/C20H21ClF3NO2/c1-19(2,3)14-7-8-16(17(21)12-14)18(26)25-10-9-13-5-4-6-15(11-13)27-20(22,23)24/h4-8,11-12H,9-10H2,1-3H3,(H,25,26). The normalized spacial score (nSPS) is 12.0. The zero-order chi connectivity index (χ0) is 20.2. The largest absolute Gasteiger partial charge is 0.573 e. The first-order chi connectivity index (χ1) is 12.5. The summed E-state index contributed by atoms with van der Waals surface area (Å²) in [5, 5.41) is 3.09. The van der Waals surface area contributed by atoms with Gasteiger partial charge in [0, 0.05) is 6.54 Å². The van der Waals surface area contributed by atoms with Crippen LogP contribution >= 0.6 is 11.6 Å². The topological polar surface area (TPSA) is 38.3 Å². The summed E-state index contributed by atoms with van der Waals surface area (Å²) >= 11 is 6.22. The lowest BCUT2D eigenvalue weighted by atomic mass is 9.86. The monoisotopic (exact) mass is 399 g/mol. The van der Waals surface area contributed by atoms with Crippen LogP contribution in [0.4, 0.5) is 13.2 Å². The van der Waals surface area contributed by atoms with Crippen molar-refractivity contribution >= 4 is 17.5 Å². The maximum Gasteiger partial charge on any atom is 0.573 e.